The monoisotopic (exact) mass is 575 g/mol. The number of hydrogen-bond donors (Lipinski definition) is 2. The minimum absolute atomic E-state index is 0.188. The second-order valence-corrected chi connectivity index (χ2v) is 12.3. The number of hydrogen-bond acceptors (Lipinski definition) is 7. The molecule has 5 rings (SSSR count). The predicted octanol–water partition coefficient (Wildman–Crippen LogP) is 6.97. The minimum Gasteiger partial charge on any atom is -0.494 e. The maximum absolute atomic E-state index is 13.5. The number of carbonyl (C=O) groups is 1. The molecule has 5 aromatic rings. The van der Waals surface area contributed by atoms with Crippen LogP contribution in [0.5, 0.6) is 5.75 Å². The van der Waals surface area contributed by atoms with Crippen LogP contribution in [0.25, 0.3) is 10.2 Å². The van der Waals surface area contributed by atoms with Crippen molar-refractivity contribution in [3.63, 3.8) is 0 Å². The summed E-state index contributed by atoms with van der Waals surface area (Å²) >= 11 is 2.77. The van der Waals surface area contributed by atoms with Gasteiger partial charge in [-0.15, -0.1) is 11.8 Å². The lowest BCUT2D eigenvalue weighted by atomic mass is 10.1. The molecule has 1 aromatic heterocycles. The van der Waals surface area contributed by atoms with Crippen molar-refractivity contribution in [3.05, 3.63) is 109 Å². The van der Waals surface area contributed by atoms with E-state index in [1.807, 2.05) is 55.5 Å². The highest BCUT2D eigenvalue weighted by atomic mass is 32.2. The Kier molecular flexibility index (Phi) is 8.16. The van der Waals surface area contributed by atoms with Crippen molar-refractivity contribution in [1.82, 2.24) is 4.98 Å². The molecule has 4 aromatic carbocycles. The molecule has 0 saturated heterocycles. The summed E-state index contributed by atoms with van der Waals surface area (Å²) in [5.74, 6) is 0.558. The molecule has 2 N–H and O–H groups in total. The molecule has 1 heterocycles. The first kappa shape index (κ1) is 26.7. The fourth-order valence-corrected chi connectivity index (χ4v) is 6.84. The van der Waals surface area contributed by atoms with Gasteiger partial charge in [0.15, 0.2) is 5.13 Å². The van der Waals surface area contributed by atoms with Gasteiger partial charge in [0.2, 0.25) is 5.91 Å². The summed E-state index contributed by atoms with van der Waals surface area (Å²) in [7, 11) is -3.69. The van der Waals surface area contributed by atoms with Crippen LogP contribution in [0.4, 0.5) is 10.8 Å². The van der Waals surface area contributed by atoms with Crippen molar-refractivity contribution >= 4 is 60.1 Å². The van der Waals surface area contributed by atoms with Crippen LogP contribution in [0.3, 0.4) is 0 Å². The molecule has 0 aliphatic heterocycles. The van der Waals surface area contributed by atoms with E-state index in [2.05, 4.69) is 15.0 Å². The summed E-state index contributed by atoms with van der Waals surface area (Å²) < 4.78 is 34.4. The van der Waals surface area contributed by atoms with E-state index in [4.69, 9.17) is 4.74 Å². The number of nitrogens with zero attached hydrogens (tertiary/aromatic N) is 1. The molecule has 10 heteroatoms. The van der Waals surface area contributed by atoms with Crippen LogP contribution in [0.15, 0.2) is 113 Å². The number of thioether (sulfide) groups is 1. The fourth-order valence-electron chi connectivity index (χ4n) is 3.84. The van der Waals surface area contributed by atoms with E-state index in [0.717, 1.165) is 26.4 Å². The molecule has 1 unspecified atom stereocenters. The Morgan fingerprint density at radius 2 is 1.64 bits per heavy atom. The number of amides is 1. The standard InChI is InChI=1S/C29H25N3O4S3/c1-2-36-22-15-18-25-26(19-22)38-29(30-25)31-28(33)27(20-9-5-3-6-10-20)37-23-16-13-21(14-17-23)32-39(34,35)24-11-7-4-8-12-24/h3-19,27,32H,2H2,1H3,(H,30,31,33). The SMILES string of the molecule is CCOc1ccc2nc(NC(=O)C(Sc3ccc(NS(=O)(=O)c4ccccc4)cc3)c3ccccc3)sc2c1. The van der Waals surface area contributed by atoms with Gasteiger partial charge in [0, 0.05) is 10.6 Å². The van der Waals surface area contributed by atoms with Crippen LogP contribution >= 0.6 is 23.1 Å². The van der Waals surface area contributed by atoms with Crippen LogP contribution < -0.4 is 14.8 Å². The van der Waals surface area contributed by atoms with Crippen LogP contribution in [-0.4, -0.2) is 25.9 Å². The van der Waals surface area contributed by atoms with Gasteiger partial charge in [-0.25, -0.2) is 13.4 Å². The van der Waals surface area contributed by atoms with Crippen molar-refractivity contribution in [2.75, 3.05) is 16.6 Å². The first-order chi connectivity index (χ1) is 18.9. The van der Waals surface area contributed by atoms with Crippen molar-refractivity contribution in [1.29, 1.82) is 0 Å². The summed E-state index contributed by atoms with van der Waals surface area (Å²) in [6.07, 6.45) is 0. The Labute approximate surface area is 235 Å². The number of fused-ring (bicyclic) bond motifs is 1. The van der Waals surface area contributed by atoms with Crippen LogP contribution in [0.1, 0.15) is 17.7 Å². The number of rotatable bonds is 10. The number of benzene rings is 4. The molecule has 1 amide bonds. The summed E-state index contributed by atoms with van der Waals surface area (Å²) in [5.41, 5.74) is 2.06. The van der Waals surface area contributed by atoms with Crippen LogP contribution in [-0.2, 0) is 14.8 Å². The van der Waals surface area contributed by atoms with Gasteiger partial charge in [-0.05, 0) is 67.1 Å². The third-order valence-electron chi connectivity index (χ3n) is 5.66. The first-order valence-electron chi connectivity index (χ1n) is 12.1. The van der Waals surface area contributed by atoms with E-state index in [0.29, 0.717) is 17.4 Å². The highest BCUT2D eigenvalue weighted by molar-refractivity contribution is 8.00. The van der Waals surface area contributed by atoms with Gasteiger partial charge in [-0.1, -0.05) is 59.9 Å². The summed E-state index contributed by atoms with van der Waals surface area (Å²) in [6.45, 7) is 2.50. The normalized spacial score (nSPS) is 12.1. The van der Waals surface area contributed by atoms with Crippen LogP contribution in [0.2, 0.25) is 0 Å². The molecule has 0 bridgehead atoms. The summed E-state index contributed by atoms with van der Waals surface area (Å²) in [5, 5.41) is 2.94. The lowest BCUT2D eigenvalue weighted by Crippen LogP contribution is -2.18. The summed E-state index contributed by atoms with van der Waals surface area (Å²) in [6, 6.07) is 30.3. The zero-order valence-electron chi connectivity index (χ0n) is 20.9. The predicted molar refractivity (Wildman–Crippen MR) is 158 cm³/mol. The fraction of sp³-hybridized carbons (Fsp3) is 0.103. The number of sulfonamides is 1. The number of ether oxygens (including phenoxy) is 1. The Balaban J connectivity index is 1.33. The van der Waals surface area contributed by atoms with E-state index < -0.39 is 15.3 Å². The third-order valence-corrected chi connectivity index (χ3v) is 9.25. The van der Waals surface area contributed by atoms with E-state index >= 15 is 0 Å². The van der Waals surface area contributed by atoms with E-state index in [1.54, 1.807) is 54.6 Å². The van der Waals surface area contributed by atoms with E-state index in [1.165, 1.54) is 23.1 Å². The average molecular weight is 576 g/mol. The van der Waals surface area contributed by atoms with Gasteiger partial charge in [0.05, 0.1) is 21.7 Å². The largest absolute Gasteiger partial charge is 0.494 e. The average Bonchev–Trinajstić information content (AvgIpc) is 3.35. The highest BCUT2D eigenvalue weighted by Gasteiger charge is 2.23. The van der Waals surface area contributed by atoms with Gasteiger partial charge >= 0.3 is 0 Å². The van der Waals surface area contributed by atoms with Gasteiger partial charge < -0.3 is 10.1 Å². The van der Waals surface area contributed by atoms with Crippen LogP contribution in [0, 0.1) is 0 Å². The molecule has 0 radical (unpaired) electrons. The Hall–Kier alpha value is -3.86. The smallest absolute Gasteiger partial charge is 0.261 e. The highest BCUT2D eigenvalue weighted by Crippen LogP contribution is 2.38. The zero-order chi connectivity index (χ0) is 27.2. The van der Waals surface area contributed by atoms with Crippen molar-refractivity contribution in [2.45, 2.75) is 22.0 Å². The number of carbonyl (C=O) groups excluding carboxylic acids is 1. The molecular weight excluding hydrogens is 551 g/mol. The molecule has 0 aliphatic carbocycles. The number of nitrogens with one attached hydrogen (secondary N) is 2. The van der Waals surface area contributed by atoms with Gasteiger partial charge in [-0.2, -0.15) is 0 Å². The van der Waals surface area contributed by atoms with Gasteiger partial charge in [-0.3, -0.25) is 9.52 Å². The molecule has 1 atom stereocenters. The number of thiazole rings is 1. The van der Waals surface area contributed by atoms with E-state index in [9.17, 15) is 13.2 Å². The second kappa shape index (κ2) is 11.9. The lowest BCUT2D eigenvalue weighted by molar-refractivity contribution is -0.115. The molecule has 0 aliphatic rings. The molecule has 0 spiro atoms. The van der Waals surface area contributed by atoms with Gasteiger partial charge in [0.25, 0.3) is 10.0 Å². The maximum atomic E-state index is 13.5. The second-order valence-electron chi connectivity index (χ2n) is 8.42. The topological polar surface area (TPSA) is 97.4 Å². The maximum Gasteiger partial charge on any atom is 0.261 e. The Morgan fingerprint density at radius 3 is 2.33 bits per heavy atom. The van der Waals surface area contributed by atoms with E-state index in [-0.39, 0.29) is 10.8 Å². The van der Waals surface area contributed by atoms with Crippen molar-refractivity contribution in [3.8, 4) is 5.75 Å². The molecule has 7 nitrogen and oxygen atoms in total. The first-order valence-corrected chi connectivity index (χ1v) is 15.3. The molecule has 0 fully saturated rings. The molecule has 0 saturated carbocycles. The van der Waals surface area contributed by atoms with Crippen molar-refractivity contribution in [2.24, 2.45) is 0 Å². The number of anilines is 2. The zero-order valence-corrected chi connectivity index (χ0v) is 23.4. The third kappa shape index (κ3) is 6.59. The van der Waals surface area contributed by atoms with Gasteiger partial charge in [0.1, 0.15) is 11.0 Å². The molecule has 198 valence electrons. The minimum atomic E-state index is -3.69. The molecule has 39 heavy (non-hydrogen) atoms. The Bertz CT molecular complexity index is 1670. The van der Waals surface area contributed by atoms with Crippen molar-refractivity contribution < 1.29 is 17.9 Å². The quantitative estimate of drug-likeness (QED) is 0.175. The summed E-state index contributed by atoms with van der Waals surface area (Å²) in [4.78, 5) is 19.1. The lowest BCUT2D eigenvalue weighted by Gasteiger charge is -2.16. The Morgan fingerprint density at radius 1 is 0.949 bits per heavy atom. The molecular formula is C29H25N3O4S3. The number of aromatic nitrogens is 1.